The fourth-order valence-electron chi connectivity index (χ4n) is 3.75. The van der Waals surface area contributed by atoms with Gasteiger partial charge >= 0.3 is 5.97 Å². The van der Waals surface area contributed by atoms with Gasteiger partial charge in [0, 0.05) is 18.6 Å². The van der Waals surface area contributed by atoms with Crippen LogP contribution in [-0.2, 0) is 9.53 Å². The second-order valence-electron chi connectivity index (χ2n) is 7.34. The van der Waals surface area contributed by atoms with Gasteiger partial charge < -0.3 is 9.64 Å². The van der Waals surface area contributed by atoms with Gasteiger partial charge in [0.1, 0.15) is 5.54 Å². The molecular weight excluding hydrogens is 392 g/mol. The Hall–Kier alpha value is -1.65. The monoisotopic (exact) mass is 418 g/mol. The molecule has 28 heavy (non-hydrogen) atoms. The Balaban J connectivity index is 1.61. The maximum atomic E-state index is 12.8. The van der Waals surface area contributed by atoms with E-state index in [0.29, 0.717) is 23.0 Å². The first-order chi connectivity index (χ1) is 13.5. The molecule has 1 aromatic carbocycles. The van der Waals surface area contributed by atoms with Gasteiger partial charge in [-0.05, 0) is 37.5 Å². The van der Waals surface area contributed by atoms with Crippen LogP contribution >= 0.6 is 23.5 Å². The summed E-state index contributed by atoms with van der Waals surface area (Å²) in [5.74, 6) is 1.46. The van der Waals surface area contributed by atoms with E-state index in [1.165, 1.54) is 10.5 Å². The molecule has 150 valence electrons. The van der Waals surface area contributed by atoms with Crippen LogP contribution in [0.5, 0.6) is 0 Å². The van der Waals surface area contributed by atoms with E-state index >= 15 is 0 Å². The molecule has 1 saturated carbocycles. The number of carbonyl (C=O) groups excluding carboxylic acids is 2. The van der Waals surface area contributed by atoms with Crippen LogP contribution in [-0.4, -0.2) is 47.0 Å². The summed E-state index contributed by atoms with van der Waals surface area (Å²) in [6.07, 6.45) is 3.37. The lowest BCUT2D eigenvalue weighted by Crippen LogP contribution is -2.53. The Kier molecular flexibility index (Phi) is 6.95. The Labute approximate surface area is 175 Å². The van der Waals surface area contributed by atoms with Gasteiger partial charge in [-0.2, -0.15) is 5.26 Å². The van der Waals surface area contributed by atoms with Crippen LogP contribution < -0.4 is 0 Å². The van der Waals surface area contributed by atoms with Crippen molar-refractivity contribution in [2.45, 2.75) is 55.3 Å². The van der Waals surface area contributed by atoms with Crippen LogP contribution in [0.15, 0.2) is 24.3 Å². The standard InChI is InChI=1S/C21H26N2O3S2/c1-15(18(24)23(2)21(14-22)10-4-3-5-11-21)26-19(25)16-6-8-17(9-7-16)20-27-12-13-28-20/h6-9,15,20H,3-5,10-13H2,1-2H3/t15-/m1/s1. The zero-order chi connectivity index (χ0) is 20.1. The van der Waals surface area contributed by atoms with Gasteiger partial charge in [-0.3, -0.25) is 4.79 Å². The third kappa shape index (κ3) is 4.49. The van der Waals surface area contributed by atoms with Crippen LogP contribution in [0.4, 0.5) is 0 Å². The number of carbonyl (C=O) groups is 2. The molecule has 5 nitrogen and oxygen atoms in total. The minimum absolute atomic E-state index is 0.327. The Morgan fingerprint density at radius 3 is 2.36 bits per heavy atom. The summed E-state index contributed by atoms with van der Waals surface area (Å²) in [5.41, 5.74) is 0.849. The normalized spacial score (nSPS) is 20.2. The van der Waals surface area contributed by atoms with Crippen LogP contribution in [0.25, 0.3) is 0 Å². The smallest absolute Gasteiger partial charge is 0.338 e. The molecule has 0 radical (unpaired) electrons. The highest BCUT2D eigenvalue weighted by atomic mass is 32.2. The minimum atomic E-state index is -0.926. The van der Waals surface area contributed by atoms with Crippen LogP contribution in [0.2, 0.25) is 0 Å². The van der Waals surface area contributed by atoms with E-state index in [1.807, 2.05) is 35.7 Å². The van der Waals surface area contributed by atoms with Gasteiger partial charge in [0.2, 0.25) is 0 Å². The molecule has 2 aliphatic rings. The highest BCUT2D eigenvalue weighted by Gasteiger charge is 2.40. The van der Waals surface area contributed by atoms with Crippen molar-refractivity contribution in [2.75, 3.05) is 18.6 Å². The summed E-state index contributed by atoms with van der Waals surface area (Å²) < 4.78 is 5.84. The van der Waals surface area contributed by atoms with Crippen molar-refractivity contribution in [2.24, 2.45) is 0 Å². The number of esters is 1. The Morgan fingerprint density at radius 1 is 1.18 bits per heavy atom. The molecule has 3 rings (SSSR count). The minimum Gasteiger partial charge on any atom is -0.449 e. The van der Waals surface area contributed by atoms with E-state index in [0.717, 1.165) is 30.8 Å². The van der Waals surface area contributed by atoms with E-state index in [9.17, 15) is 14.9 Å². The highest BCUT2D eigenvalue weighted by molar-refractivity contribution is 8.19. The Morgan fingerprint density at radius 2 is 1.79 bits per heavy atom. The number of likely N-dealkylation sites (N-methyl/N-ethyl adjacent to an activating group) is 1. The van der Waals surface area contributed by atoms with Crippen molar-refractivity contribution in [1.29, 1.82) is 5.26 Å². The first-order valence-electron chi connectivity index (χ1n) is 9.70. The number of benzene rings is 1. The van der Waals surface area contributed by atoms with Gasteiger partial charge in [0.05, 0.1) is 16.2 Å². The lowest BCUT2D eigenvalue weighted by atomic mass is 9.81. The number of hydrogen-bond donors (Lipinski definition) is 0. The Bertz CT molecular complexity index is 748. The maximum absolute atomic E-state index is 12.8. The zero-order valence-corrected chi connectivity index (χ0v) is 18.0. The predicted molar refractivity (Wildman–Crippen MR) is 113 cm³/mol. The molecule has 0 bridgehead atoms. The quantitative estimate of drug-likeness (QED) is 0.660. The van der Waals surface area contributed by atoms with Crippen LogP contribution in [0, 0.1) is 11.3 Å². The summed E-state index contributed by atoms with van der Waals surface area (Å²) in [6, 6.07) is 9.76. The van der Waals surface area contributed by atoms with Gasteiger partial charge in [0.25, 0.3) is 5.91 Å². The molecule has 1 aliphatic carbocycles. The molecule has 0 N–H and O–H groups in total. The SMILES string of the molecule is C[C@@H](OC(=O)c1ccc(C2SCCS2)cc1)C(=O)N(C)C1(C#N)CCCCC1. The number of nitrogens with zero attached hydrogens (tertiary/aromatic N) is 2. The lowest BCUT2D eigenvalue weighted by Gasteiger charge is -2.39. The molecule has 1 saturated heterocycles. The molecule has 0 unspecified atom stereocenters. The molecule has 1 atom stereocenters. The largest absolute Gasteiger partial charge is 0.449 e. The van der Waals surface area contributed by atoms with Gasteiger partial charge in [-0.15, -0.1) is 23.5 Å². The second-order valence-corrected chi connectivity index (χ2v) is 10.1. The van der Waals surface area contributed by atoms with Crippen LogP contribution in [0.3, 0.4) is 0 Å². The fraction of sp³-hybridized carbons (Fsp3) is 0.571. The van der Waals surface area contributed by atoms with E-state index in [4.69, 9.17) is 4.74 Å². The third-order valence-corrected chi connectivity index (χ3v) is 8.64. The molecular formula is C21H26N2O3S2. The third-order valence-electron chi connectivity index (χ3n) is 5.53. The average molecular weight is 419 g/mol. The van der Waals surface area contributed by atoms with Crippen LogP contribution in [0.1, 0.15) is 59.5 Å². The fourth-order valence-corrected chi connectivity index (χ4v) is 6.61. The van der Waals surface area contributed by atoms with Gasteiger partial charge in [-0.25, -0.2) is 4.79 Å². The molecule has 1 aromatic rings. The highest BCUT2D eigenvalue weighted by Crippen LogP contribution is 2.45. The van der Waals surface area contributed by atoms with E-state index in [-0.39, 0.29) is 5.91 Å². The van der Waals surface area contributed by atoms with Crippen molar-refractivity contribution in [3.05, 3.63) is 35.4 Å². The van der Waals surface area contributed by atoms with E-state index < -0.39 is 17.6 Å². The first kappa shape index (κ1) is 21.1. The molecule has 0 aromatic heterocycles. The topological polar surface area (TPSA) is 70.4 Å². The van der Waals surface area contributed by atoms with Crippen molar-refractivity contribution in [3.63, 3.8) is 0 Å². The number of nitriles is 1. The summed E-state index contributed by atoms with van der Waals surface area (Å²) >= 11 is 3.83. The first-order valence-corrected chi connectivity index (χ1v) is 11.8. The summed E-state index contributed by atoms with van der Waals surface area (Å²) in [4.78, 5) is 26.8. The number of thioether (sulfide) groups is 2. The van der Waals surface area contributed by atoms with Crippen molar-refractivity contribution >= 4 is 35.4 Å². The van der Waals surface area contributed by atoms with Gasteiger partial charge in [-0.1, -0.05) is 31.4 Å². The summed E-state index contributed by atoms with van der Waals surface area (Å²) in [6.45, 7) is 1.57. The lowest BCUT2D eigenvalue weighted by molar-refractivity contribution is -0.143. The van der Waals surface area contributed by atoms with Crippen molar-refractivity contribution in [1.82, 2.24) is 4.90 Å². The number of rotatable bonds is 5. The molecule has 1 aliphatic heterocycles. The van der Waals surface area contributed by atoms with Gasteiger partial charge in [0.15, 0.2) is 6.10 Å². The van der Waals surface area contributed by atoms with Crippen molar-refractivity contribution in [3.8, 4) is 6.07 Å². The molecule has 1 amide bonds. The molecule has 2 fully saturated rings. The molecule has 1 heterocycles. The predicted octanol–water partition coefficient (Wildman–Crippen LogP) is 4.40. The maximum Gasteiger partial charge on any atom is 0.338 e. The summed E-state index contributed by atoms with van der Waals surface area (Å²) in [5, 5.41) is 9.66. The summed E-state index contributed by atoms with van der Waals surface area (Å²) in [7, 11) is 1.65. The van der Waals surface area contributed by atoms with Crippen molar-refractivity contribution < 1.29 is 14.3 Å². The number of hydrogen-bond acceptors (Lipinski definition) is 6. The molecule has 0 spiro atoms. The number of amides is 1. The zero-order valence-electron chi connectivity index (χ0n) is 16.3. The average Bonchev–Trinajstić information content (AvgIpc) is 3.28. The molecule has 7 heteroatoms. The number of ether oxygens (including phenoxy) is 1. The van der Waals surface area contributed by atoms with E-state index in [1.54, 1.807) is 26.1 Å². The second kappa shape index (κ2) is 9.23. The van der Waals surface area contributed by atoms with E-state index in [2.05, 4.69) is 6.07 Å².